The van der Waals surface area contributed by atoms with Gasteiger partial charge in [-0.15, -0.1) is 4.83 Å². The van der Waals surface area contributed by atoms with Crippen molar-refractivity contribution in [1.29, 1.82) is 0 Å². The first-order valence-corrected chi connectivity index (χ1v) is 15.4. The van der Waals surface area contributed by atoms with E-state index in [-0.39, 0.29) is 16.3 Å². The third-order valence-corrected chi connectivity index (χ3v) is 8.75. The summed E-state index contributed by atoms with van der Waals surface area (Å²) < 4.78 is 34.6. The van der Waals surface area contributed by atoms with E-state index in [2.05, 4.69) is 19.7 Å². The number of fused-ring (bicyclic) bond motifs is 2. The van der Waals surface area contributed by atoms with Crippen LogP contribution in [0.5, 0.6) is 5.75 Å². The molecule has 0 amide bonds. The molecule has 0 bridgehead atoms. The first kappa shape index (κ1) is 28.0. The molecule has 3 heterocycles. The Labute approximate surface area is 243 Å². The second-order valence-corrected chi connectivity index (χ2v) is 12.2. The molecule has 1 aliphatic rings. The molecule has 6 rings (SSSR count). The molecule has 0 unspecified atom stereocenters. The van der Waals surface area contributed by atoms with E-state index in [4.69, 9.17) is 9.72 Å². The number of hydrazine groups is 1. The van der Waals surface area contributed by atoms with Gasteiger partial charge in [0.25, 0.3) is 15.6 Å². The Morgan fingerprint density at radius 1 is 1.00 bits per heavy atom. The first-order chi connectivity index (χ1) is 20.3. The van der Waals surface area contributed by atoms with E-state index < -0.39 is 10.0 Å². The van der Waals surface area contributed by atoms with Crippen molar-refractivity contribution in [3.05, 3.63) is 82.9 Å². The van der Waals surface area contributed by atoms with Gasteiger partial charge in [0.15, 0.2) is 0 Å². The highest BCUT2D eigenvalue weighted by atomic mass is 32.2. The van der Waals surface area contributed by atoms with Crippen molar-refractivity contribution in [2.75, 3.05) is 39.8 Å². The normalized spacial score (nSPS) is 15.0. The maximum absolute atomic E-state index is 13.4. The molecule has 12 heteroatoms. The number of likely N-dealkylation sites (N-methyl/N-ethyl adjacent to an activating group) is 1. The van der Waals surface area contributed by atoms with E-state index >= 15 is 0 Å². The summed E-state index contributed by atoms with van der Waals surface area (Å²) in [6.07, 6.45) is 2.51. The Bertz CT molecular complexity index is 1900. The van der Waals surface area contributed by atoms with E-state index in [1.807, 2.05) is 48.9 Å². The molecule has 218 valence electrons. The standard InChI is InChI=1S/C30H33N7O4S/c1-3-15-41-28-10-9-22(42(39,40)34-37-13-11-35(2)12-14-37)16-24(28)29-32-25-18-26-27(17-23(25)30(38)33-29)36(20-31-26)19-21-7-5-4-6-8-21/h4-10,16-18,20,34H,3,11-15,19H2,1-2H3,(H,32,33,38). The Balaban J connectivity index is 1.39. The third kappa shape index (κ3) is 5.79. The number of nitrogens with one attached hydrogen (secondary N) is 2. The summed E-state index contributed by atoms with van der Waals surface area (Å²) >= 11 is 0. The second kappa shape index (κ2) is 11.6. The first-order valence-electron chi connectivity index (χ1n) is 14.0. The number of sulfonamides is 1. The highest BCUT2D eigenvalue weighted by Crippen LogP contribution is 2.31. The van der Waals surface area contributed by atoms with Crippen molar-refractivity contribution < 1.29 is 13.2 Å². The number of aromatic nitrogens is 4. The number of H-pyrrole nitrogens is 1. The van der Waals surface area contributed by atoms with Crippen molar-refractivity contribution in [2.24, 2.45) is 0 Å². The van der Waals surface area contributed by atoms with E-state index in [9.17, 15) is 13.2 Å². The Hall–Kier alpha value is -4.10. The molecule has 0 saturated carbocycles. The zero-order valence-electron chi connectivity index (χ0n) is 23.6. The monoisotopic (exact) mass is 587 g/mol. The molecule has 5 aromatic rings. The van der Waals surface area contributed by atoms with Gasteiger partial charge in [0.05, 0.1) is 45.3 Å². The van der Waals surface area contributed by atoms with Crippen LogP contribution in [0.1, 0.15) is 18.9 Å². The van der Waals surface area contributed by atoms with E-state index in [0.717, 1.165) is 30.6 Å². The lowest BCUT2D eigenvalue weighted by Crippen LogP contribution is -2.52. The molecule has 3 aromatic carbocycles. The number of aromatic amines is 1. The summed E-state index contributed by atoms with van der Waals surface area (Å²) in [7, 11) is -1.87. The summed E-state index contributed by atoms with van der Waals surface area (Å²) in [5.41, 5.74) is 3.15. The fraction of sp³-hybridized carbons (Fsp3) is 0.300. The fourth-order valence-electron chi connectivity index (χ4n) is 5.04. The molecule has 0 radical (unpaired) electrons. The van der Waals surface area contributed by atoms with Crippen molar-refractivity contribution in [2.45, 2.75) is 24.8 Å². The van der Waals surface area contributed by atoms with Gasteiger partial charge in [0.2, 0.25) is 0 Å². The van der Waals surface area contributed by atoms with Crippen LogP contribution >= 0.6 is 0 Å². The van der Waals surface area contributed by atoms with Crippen LogP contribution in [0, 0.1) is 0 Å². The number of nitrogens with zero attached hydrogens (tertiary/aromatic N) is 5. The van der Waals surface area contributed by atoms with E-state index in [1.54, 1.807) is 29.5 Å². The van der Waals surface area contributed by atoms with Crippen LogP contribution in [-0.4, -0.2) is 77.7 Å². The summed E-state index contributed by atoms with van der Waals surface area (Å²) in [5.74, 6) is 0.657. The quantitative estimate of drug-likeness (QED) is 0.269. The molecule has 0 spiro atoms. The molecular formula is C30H33N7O4S. The minimum atomic E-state index is -3.88. The van der Waals surface area contributed by atoms with Crippen LogP contribution in [0.25, 0.3) is 33.3 Å². The van der Waals surface area contributed by atoms with Crippen LogP contribution in [0.4, 0.5) is 0 Å². The predicted octanol–water partition coefficient (Wildman–Crippen LogP) is 3.22. The van der Waals surface area contributed by atoms with Gasteiger partial charge in [-0.05, 0) is 49.4 Å². The van der Waals surface area contributed by atoms with Gasteiger partial charge in [-0.2, -0.15) is 0 Å². The number of rotatable bonds is 9. The lowest BCUT2D eigenvalue weighted by molar-refractivity contribution is 0.135. The second-order valence-electron chi connectivity index (χ2n) is 10.5. The highest BCUT2D eigenvalue weighted by Gasteiger charge is 2.24. The molecule has 2 aromatic heterocycles. The summed E-state index contributed by atoms with van der Waals surface area (Å²) in [6, 6.07) is 18.2. The van der Waals surface area contributed by atoms with Gasteiger partial charge in [0, 0.05) is 32.7 Å². The van der Waals surface area contributed by atoms with E-state index in [1.165, 1.54) is 12.1 Å². The largest absolute Gasteiger partial charge is 0.493 e. The Kier molecular flexibility index (Phi) is 7.78. The van der Waals surface area contributed by atoms with Gasteiger partial charge in [-0.3, -0.25) is 4.79 Å². The molecule has 2 N–H and O–H groups in total. The number of benzene rings is 3. The van der Waals surface area contributed by atoms with Gasteiger partial charge in [-0.1, -0.05) is 37.3 Å². The number of hydrogen-bond donors (Lipinski definition) is 2. The molecule has 1 saturated heterocycles. The Morgan fingerprint density at radius 3 is 2.55 bits per heavy atom. The van der Waals surface area contributed by atoms with Crippen molar-refractivity contribution in [3.63, 3.8) is 0 Å². The minimum Gasteiger partial charge on any atom is -0.493 e. The van der Waals surface area contributed by atoms with Crippen LogP contribution in [0.15, 0.2) is 76.7 Å². The number of hydrogen-bond acceptors (Lipinski definition) is 8. The average molecular weight is 588 g/mol. The van der Waals surface area contributed by atoms with Gasteiger partial charge < -0.3 is 19.2 Å². The van der Waals surface area contributed by atoms with Crippen molar-refractivity contribution >= 4 is 32.0 Å². The molecule has 42 heavy (non-hydrogen) atoms. The third-order valence-electron chi connectivity index (χ3n) is 7.37. The molecule has 0 atom stereocenters. The minimum absolute atomic E-state index is 0.0538. The summed E-state index contributed by atoms with van der Waals surface area (Å²) in [5, 5.41) is 2.12. The lowest BCUT2D eigenvalue weighted by Gasteiger charge is -2.32. The topological polar surface area (TPSA) is 125 Å². The number of imidazole rings is 1. The number of piperazine rings is 1. The van der Waals surface area contributed by atoms with Gasteiger partial charge in [-0.25, -0.2) is 23.4 Å². The van der Waals surface area contributed by atoms with Crippen molar-refractivity contribution in [1.82, 2.24) is 34.3 Å². The van der Waals surface area contributed by atoms with Gasteiger partial charge in [0.1, 0.15) is 11.6 Å². The summed E-state index contributed by atoms with van der Waals surface area (Å²) in [4.78, 5) is 30.5. The van der Waals surface area contributed by atoms with Crippen molar-refractivity contribution in [3.8, 4) is 17.1 Å². The molecular weight excluding hydrogens is 554 g/mol. The zero-order valence-corrected chi connectivity index (χ0v) is 24.4. The van der Waals surface area contributed by atoms with Crippen LogP contribution < -0.4 is 15.1 Å². The highest BCUT2D eigenvalue weighted by molar-refractivity contribution is 7.89. The lowest BCUT2D eigenvalue weighted by atomic mass is 10.1. The molecule has 1 aliphatic heterocycles. The van der Waals surface area contributed by atoms with Crippen LogP contribution in [-0.2, 0) is 16.6 Å². The van der Waals surface area contributed by atoms with E-state index in [0.29, 0.717) is 54.0 Å². The fourth-order valence-corrected chi connectivity index (χ4v) is 6.19. The zero-order chi connectivity index (χ0) is 29.3. The molecule has 0 aliphatic carbocycles. The maximum atomic E-state index is 13.4. The number of ether oxygens (including phenoxy) is 1. The van der Waals surface area contributed by atoms with Gasteiger partial charge >= 0.3 is 0 Å². The predicted molar refractivity (Wildman–Crippen MR) is 162 cm³/mol. The Morgan fingerprint density at radius 2 is 1.79 bits per heavy atom. The molecule has 1 fully saturated rings. The summed E-state index contributed by atoms with van der Waals surface area (Å²) in [6.45, 7) is 5.71. The SMILES string of the molecule is CCCOc1ccc(S(=O)(=O)NN2CCN(C)CC2)cc1-c1nc2cc3ncn(Cc4ccccc4)c3cc2c(=O)[nH]1. The smallest absolute Gasteiger partial charge is 0.259 e. The molecule has 11 nitrogen and oxygen atoms in total. The van der Waals surface area contributed by atoms with Crippen LogP contribution in [0.2, 0.25) is 0 Å². The maximum Gasteiger partial charge on any atom is 0.259 e. The average Bonchev–Trinajstić information content (AvgIpc) is 3.37. The van der Waals surface area contributed by atoms with Crippen LogP contribution in [0.3, 0.4) is 0 Å².